The van der Waals surface area contributed by atoms with Crippen LogP contribution in [0.4, 0.5) is 15.8 Å². The minimum absolute atomic E-state index is 0.0885. The SMILES string of the molecule is O=C(CCl)Nc1cc2c(cc1F)NC(=O)CC2. The van der Waals surface area contributed by atoms with Crippen LogP contribution in [0.2, 0.25) is 0 Å². The largest absolute Gasteiger partial charge is 0.326 e. The Labute approximate surface area is 102 Å². The molecule has 0 fully saturated rings. The van der Waals surface area contributed by atoms with Crippen LogP contribution in [0.3, 0.4) is 0 Å². The number of fused-ring (bicyclic) bond motifs is 1. The first-order valence-corrected chi connectivity index (χ1v) is 5.61. The topological polar surface area (TPSA) is 58.2 Å². The molecule has 1 aromatic carbocycles. The Kier molecular flexibility index (Phi) is 3.28. The summed E-state index contributed by atoms with van der Waals surface area (Å²) in [5.41, 5.74) is 1.35. The Morgan fingerprint density at radius 1 is 1.47 bits per heavy atom. The fourth-order valence-electron chi connectivity index (χ4n) is 1.68. The van der Waals surface area contributed by atoms with Crippen molar-refractivity contribution < 1.29 is 14.0 Å². The van der Waals surface area contributed by atoms with Crippen molar-refractivity contribution in [2.24, 2.45) is 0 Å². The molecule has 0 spiro atoms. The minimum atomic E-state index is -0.593. The summed E-state index contributed by atoms with van der Waals surface area (Å²) >= 11 is 5.33. The highest BCUT2D eigenvalue weighted by molar-refractivity contribution is 6.29. The number of aryl methyl sites for hydroxylation is 1. The predicted octanol–water partition coefficient (Wildman–Crippen LogP) is 1.89. The van der Waals surface area contributed by atoms with E-state index in [1.165, 1.54) is 12.1 Å². The first-order valence-electron chi connectivity index (χ1n) is 5.08. The van der Waals surface area contributed by atoms with E-state index in [9.17, 15) is 14.0 Å². The lowest BCUT2D eigenvalue weighted by Crippen LogP contribution is -2.20. The lowest BCUT2D eigenvalue weighted by atomic mass is 10.0. The van der Waals surface area contributed by atoms with Gasteiger partial charge >= 0.3 is 0 Å². The number of hydrogen-bond acceptors (Lipinski definition) is 2. The van der Waals surface area contributed by atoms with Gasteiger partial charge in [-0.3, -0.25) is 9.59 Å². The molecule has 4 nitrogen and oxygen atoms in total. The van der Waals surface area contributed by atoms with E-state index in [-0.39, 0.29) is 17.5 Å². The summed E-state index contributed by atoms with van der Waals surface area (Å²) in [4.78, 5) is 22.2. The summed E-state index contributed by atoms with van der Waals surface area (Å²) in [6, 6.07) is 2.73. The Hall–Kier alpha value is -1.62. The van der Waals surface area contributed by atoms with Gasteiger partial charge in [0.25, 0.3) is 0 Å². The van der Waals surface area contributed by atoms with E-state index in [4.69, 9.17) is 11.6 Å². The van der Waals surface area contributed by atoms with E-state index in [0.29, 0.717) is 18.5 Å². The third-order valence-electron chi connectivity index (χ3n) is 2.48. The maximum atomic E-state index is 13.6. The molecule has 2 amide bonds. The van der Waals surface area contributed by atoms with Crippen molar-refractivity contribution in [2.75, 3.05) is 16.5 Å². The molecule has 0 unspecified atom stereocenters. The third kappa shape index (κ3) is 2.55. The van der Waals surface area contributed by atoms with Crippen LogP contribution in [-0.2, 0) is 16.0 Å². The fourth-order valence-corrected chi connectivity index (χ4v) is 1.75. The van der Waals surface area contributed by atoms with Crippen LogP contribution in [0, 0.1) is 5.82 Å². The molecule has 0 bridgehead atoms. The minimum Gasteiger partial charge on any atom is -0.326 e. The smallest absolute Gasteiger partial charge is 0.239 e. The second-order valence-corrected chi connectivity index (χ2v) is 3.99. The van der Waals surface area contributed by atoms with Gasteiger partial charge < -0.3 is 10.6 Å². The van der Waals surface area contributed by atoms with Crippen molar-refractivity contribution in [3.05, 3.63) is 23.5 Å². The van der Waals surface area contributed by atoms with Crippen LogP contribution in [0.1, 0.15) is 12.0 Å². The first-order chi connectivity index (χ1) is 8.10. The number of carbonyl (C=O) groups is 2. The second-order valence-electron chi connectivity index (χ2n) is 3.72. The summed E-state index contributed by atoms with van der Waals surface area (Å²) in [6.07, 6.45) is 0.896. The number of anilines is 2. The van der Waals surface area contributed by atoms with Crippen molar-refractivity contribution in [2.45, 2.75) is 12.8 Å². The fraction of sp³-hybridized carbons (Fsp3) is 0.273. The van der Waals surface area contributed by atoms with Crippen LogP contribution in [0.15, 0.2) is 12.1 Å². The number of amides is 2. The van der Waals surface area contributed by atoms with Crippen molar-refractivity contribution in [3.63, 3.8) is 0 Å². The monoisotopic (exact) mass is 256 g/mol. The average molecular weight is 257 g/mol. The molecule has 0 aromatic heterocycles. The van der Waals surface area contributed by atoms with E-state index in [2.05, 4.69) is 10.6 Å². The number of hydrogen-bond donors (Lipinski definition) is 2. The standard InChI is InChI=1S/C11H10ClFN2O2/c12-5-11(17)15-9-3-6-1-2-10(16)14-8(6)4-7(9)13/h3-4H,1-2,5H2,(H,14,16)(H,15,17). The van der Waals surface area contributed by atoms with Crippen molar-refractivity contribution in [1.82, 2.24) is 0 Å². The number of rotatable bonds is 2. The molecule has 0 saturated heterocycles. The molecule has 2 rings (SSSR count). The summed E-state index contributed by atoms with van der Waals surface area (Å²) in [5.74, 6) is -1.42. The zero-order chi connectivity index (χ0) is 12.4. The third-order valence-corrected chi connectivity index (χ3v) is 2.73. The van der Waals surface area contributed by atoms with E-state index < -0.39 is 11.7 Å². The molecule has 2 N–H and O–H groups in total. The molecule has 0 radical (unpaired) electrons. The molecule has 1 heterocycles. The maximum Gasteiger partial charge on any atom is 0.239 e. The highest BCUT2D eigenvalue weighted by Gasteiger charge is 2.18. The quantitative estimate of drug-likeness (QED) is 0.794. The van der Waals surface area contributed by atoms with Gasteiger partial charge in [0.1, 0.15) is 11.7 Å². The van der Waals surface area contributed by atoms with Gasteiger partial charge in [-0.25, -0.2) is 4.39 Å². The number of alkyl halides is 1. The predicted molar refractivity (Wildman–Crippen MR) is 62.7 cm³/mol. The summed E-state index contributed by atoms with van der Waals surface area (Å²) < 4.78 is 13.6. The Balaban J connectivity index is 2.31. The van der Waals surface area contributed by atoms with E-state index in [1.54, 1.807) is 0 Å². The number of halogens is 2. The van der Waals surface area contributed by atoms with Gasteiger partial charge in [-0.15, -0.1) is 11.6 Å². The van der Waals surface area contributed by atoms with Gasteiger partial charge in [0.15, 0.2) is 0 Å². The van der Waals surface area contributed by atoms with Crippen molar-refractivity contribution in [3.8, 4) is 0 Å². The molecule has 0 saturated carbocycles. The molecule has 1 aromatic rings. The highest BCUT2D eigenvalue weighted by atomic mass is 35.5. The molecule has 0 atom stereocenters. The molecule has 90 valence electrons. The Morgan fingerprint density at radius 3 is 2.94 bits per heavy atom. The molecule has 17 heavy (non-hydrogen) atoms. The van der Waals surface area contributed by atoms with Gasteiger partial charge in [0.05, 0.1) is 5.69 Å². The van der Waals surface area contributed by atoms with Gasteiger partial charge in [0, 0.05) is 12.1 Å². The second kappa shape index (κ2) is 4.71. The molecular formula is C11H10ClFN2O2. The molecule has 1 aliphatic rings. The molecule has 6 heteroatoms. The Morgan fingerprint density at radius 2 is 2.24 bits per heavy atom. The zero-order valence-corrected chi connectivity index (χ0v) is 9.60. The average Bonchev–Trinajstić information content (AvgIpc) is 2.30. The number of benzene rings is 1. The molecule has 0 aliphatic carbocycles. The van der Waals surface area contributed by atoms with Gasteiger partial charge in [0.2, 0.25) is 11.8 Å². The molecule has 1 aliphatic heterocycles. The van der Waals surface area contributed by atoms with Crippen LogP contribution >= 0.6 is 11.6 Å². The van der Waals surface area contributed by atoms with Crippen LogP contribution < -0.4 is 10.6 Å². The zero-order valence-electron chi connectivity index (χ0n) is 8.85. The summed E-state index contributed by atoms with van der Waals surface area (Å²) in [5, 5.41) is 4.94. The van der Waals surface area contributed by atoms with Crippen molar-refractivity contribution >= 4 is 34.8 Å². The number of nitrogens with one attached hydrogen (secondary N) is 2. The first kappa shape index (κ1) is 11.9. The van der Waals surface area contributed by atoms with Crippen molar-refractivity contribution in [1.29, 1.82) is 0 Å². The van der Waals surface area contributed by atoms with E-state index in [1.807, 2.05) is 0 Å². The lowest BCUT2D eigenvalue weighted by molar-refractivity contribution is -0.116. The summed E-state index contributed by atoms with van der Waals surface area (Å²) in [6.45, 7) is 0. The van der Waals surface area contributed by atoms with E-state index in [0.717, 1.165) is 5.56 Å². The van der Waals surface area contributed by atoms with Crippen LogP contribution in [0.25, 0.3) is 0 Å². The Bertz CT molecular complexity index is 491. The van der Waals surface area contributed by atoms with Gasteiger partial charge in [-0.05, 0) is 24.1 Å². The highest BCUT2D eigenvalue weighted by Crippen LogP contribution is 2.28. The normalized spacial score (nSPS) is 13.9. The van der Waals surface area contributed by atoms with Crippen LogP contribution in [0.5, 0.6) is 0 Å². The lowest BCUT2D eigenvalue weighted by Gasteiger charge is -2.18. The maximum absolute atomic E-state index is 13.6. The van der Waals surface area contributed by atoms with Gasteiger partial charge in [-0.1, -0.05) is 0 Å². The van der Waals surface area contributed by atoms with Crippen LogP contribution in [-0.4, -0.2) is 17.7 Å². The molecular weight excluding hydrogens is 247 g/mol. The summed E-state index contributed by atoms with van der Waals surface area (Å²) in [7, 11) is 0. The van der Waals surface area contributed by atoms with E-state index >= 15 is 0 Å². The number of carbonyl (C=O) groups excluding carboxylic acids is 2. The van der Waals surface area contributed by atoms with Gasteiger partial charge in [-0.2, -0.15) is 0 Å².